The summed E-state index contributed by atoms with van der Waals surface area (Å²) in [6, 6.07) is 4.70. The van der Waals surface area contributed by atoms with E-state index in [1.165, 1.54) is 12.1 Å². The van der Waals surface area contributed by atoms with E-state index in [4.69, 9.17) is 19.7 Å². The van der Waals surface area contributed by atoms with E-state index in [9.17, 15) is 14.9 Å². The number of benzene rings is 1. The van der Waals surface area contributed by atoms with Crippen LogP contribution in [0, 0.1) is 22.0 Å². The summed E-state index contributed by atoms with van der Waals surface area (Å²) in [5, 5.41) is 27.0. The van der Waals surface area contributed by atoms with Crippen LogP contribution >= 0.6 is 0 Å². The van der Waals surface area contributed by atoms with Gasteiger partial charge in [0.15, 0.2) is 0 Å². The van der Waals surface area contributed by atoms with Crippen molar-refractivity contribution < 1.29 is 29.4 Å². The Morgan fingerprint density at radius 3 is 2.13 bits per heavy atom. The lowest BCUT2D eigenvalue weighted by Gasteiger charge is -2.09. The number of hydrogen-bond donors (Lipinski definition) is 2. The molecule has 1 rings (SSSR count). The van der Waals surface area contributed by atoms with Crippen molar-refractivity contribution in [1.82, 2.24) is 0 Å². The molecule has 8 heteroatoms. The van der Waals surface area contributed by atoms with Gasteiger partial charge in [-0.3, -0.25) is 10.1 Å². The second-order valence-corrected chi connectivity index (χ2v) is 3.83. The summed E-state index contributed by atoms with van der Waals surface area (Å²) in [4.78, 5) is 19.9. The zero-order valence-corrected chi connectivity index (χ0v) is 12.9. The predicted molar refractivity (Wildman–Crippen MR) is 82.0 cm³/mol. The number of rotatable bonds is 6. The number of aromatic carboxylic acids is 1. The van der Waals surface area contributed by atoms with Crippen LogP contribution in [0.5, 0.6) is 0 Å². The highest BCUT2D eigenvalue weighted by Crippen LogP contribution is 2.11. The molecule has 0 heterocycles. The number of aliphatic hydroxyl groups is 1. The second-order valence-electron chi connectivity index (χ2n) is 3.83. The molecule has 0 amide bonds. The summed E-state index contributed by atoms with van der Waals surface area (Å²) < 4.78 is 10.2. The predicted octanol–water partition coefficient (Wildman–Crippen LogP) is 1.67. The van der Waals surface area contributed by atoms with E-state index in [0.717, 1.165) is 12.1 Å². The zero-order valence-electron chi connectivity index (χ0n) is 12.9. The normalized spacial score (nSPS) is 9.39. The van der Waals surface area contributed by atoms with Gasteiger partial charge in [0, 0.05) is 25.3 Å². The first-order valence-corrected chi connectivity index (χ1v) is 6.76. The molecule has 0 fully saturated rings. The number of nitrogens with zero attached hydrogens (tertiary/aromatic N) is 1. The molecule has 0 saturated heterocycles. The Morgan fingerprint density at radius 1 is 1.26 bits per heavy atom. The maximum absolute atomic E-state index is 10.3. The van der Waals surface area contributed by atoms with E-state index in [0.29, 0.717) is 13.2 Å². The summed E-state index contributed by atoms with van der Waals surface area (Å²) >= 11 is 0. The molecule has 1 aromatic carbocycles. The van der Waals surface area contributed by atoms with E-state index in [2.05, 4.69) is 11.8 Å². The molecule has 8 nitrogen and oxygen atoms in total. The number of hydrogen-bond acceptors (Lipinski definition) is 6. The van der Waals surface area contributed by atoms with Crippen LogP contribution < -0.4 is 0 Å². The minimum absolute atomic E-state index is 0.0422. The standard InChI is InChI=1S/C8H14O3.C7H5NO4/c1-3-10-8(11-4-2)6-5-7-9;9-7(10)5-1-3-6(4-2-5)8(11)12/h8-9H,3-4,7H2,1-2H3;1-4H,(H,9,10). The first-order valence-electron chi connectivity index (χ1n) is 6.76. The first kappa shape index (κ1) is 20.5. The van der Waals surface area contributed by atoms with Gasteiger partial charge in [0.2, 0.25) is 6.29 Å². The molecule has 23 heavy (non-hydrogen) atoms. The van der Waals surface area contributed by atoms with Gasteiger partial charge in [0.05, 0.1) is 10.5 Å². The molecule has 2 N–H and O–H groups in total. The number of carboxylic acid groups (broad SMARTS) is 1. The molecule has 0 bridgehead atoms. The Kier molecular flexibility index (Phi) is 10.8. The SMILES string of the molecule is CCOC(C#CCO)OCC.O=C(O)c1ccc([N+](=O)[O-])cc1. The molecule has 0 atom stereocenters. The van der Waals surface area contributed by atoms with Gasteiger partial charge in [0.1, 0.15) is 6.61 Å². The minimum Gasteiger partial charge on any atom is -0.478 e. The Balaban J connectivity index is 0.000000423. The van der Waals surface area contributed by atoms with Crippen molar-refractivity contribution in [2.75, 3.05) is 19.8 Å². The molecule has 0 aromatic heterocycles. The van der Waals surface area contributed by atoms with Gasteiger partial charge in [-0.2, -0.15) is 0 Å². The lowest BCUT2D eigenvalue weighted by molar-refractivity contribution is -0.384. The monoisotopic (exact) mass is 325 g/mol. The fourth-order valence-electron chi connectivity index (χ4n) is 1.29. The number of non-ortho nitro benzene ring substituents is 1. The second kappa shape index (κ2) is 12.1. The van der Waals surface area contributed by atoms with E-state index >= 15 is 0 Å². The summed E-state index contributed by atoms with van der Waals surface area (Å²) in [6.07, 6.45) is -0.489. The lowest BCUT2D eigenvalue weighted by atomic mass is 10.2. The highest BCUT2D eigenvalue weighted by molar-refractivity contribution is 5.87. The number of nitro benzene ring substituents is 1. The summed E-state index contributed by atoms with van der Waals surface area (Å²) in [6.45, 7) is 4.70. The zero-order chi connectivity index (χ0) is 17.7. The van der Waals surface area contributed by atoms with Crippen molar-refractivity contribution in [3.8, 4) is 11.8 Å². The number of aliphatic hydroxyl groups excluding tert-OH is 1. The third-order valence-electron chi connectivity index (χ3n) is 2.26. The van der Waals surface area contributed by atoms with E-state index in [1.54, 1.807) is 0 Å². The Bertz CT molecular complexity index is 506. The molecule has 1 aromatic rings. The largest absolute Gasteiger partial charge is 0.478 e. The maximum Gasteiger partial charge on any atom is 0.335 e. The Labute approximate surface area is 133 Å². The molecule has 126 valence electrons. The van der Waals surface area contributed by atoms with Crippen molar-refractivity contribution in [2.24, 2.45) is 0 Å². The number of carboxylic acids is 1. The van der Waals surface area contributed by atoms with Crippen LogP contribution in [0.1, 0.15) is 24.2 Å². The fourth-order valence-corrected chi connectivity index (χ4v) is 1.29. The van der Waals surface area contributed by atoms with Crippen LogP contribution in [0.15, 0.2) is 24.3 Å². The molecule has 0 unspecified atom stereocenters. The lowest BCUT2D eigenvalue weighted by Crippen LogP contribution is -2.14. The van der Waals surface area contributed by atoms with Gasteiger partial charge in [-0.15, -0.1) is 0 Å². The number of nitro groups is 1. The van der Waals surface area contributed by atoms with Crippen LogP contribution in [-0.4, -0.2) is 47.2 Å². The molecule has 0 radical (unpaired) electrons. The third-order valence-corrected chi connectivity index (χ3v) is 2.26. The average molecular weight is 325 g/mol. The molecular formula is C15H19NO7. The highest BCUT2D eigenvalue weighted by atomic mass is 16.7. The third kappa shape index (κ3) is 9.21. The maximum atomic E-state index is 10.3. The molecule has 0 spiro atoms. The van der Waals surface area contributed by atoms with Gasteiger partial charge in [-0.05, 0) is 31.9 Å². The van der Waals surface area contributed by atoms with Crippen molar-refractivity contribution in [3.05, 3.63) is 39.9 Å². The van der Waals surface area contributed by atoms with Crippen molar-refractivity contribution in [3.63, 3.8) is 0 Å². The van der Waals surface area contributed by atoms with Crippen LogP contribution in [0.3, 0.4) is 0 Å². The fraction of sp³-hybridized carbons (Fsp3) is 0.400. The Morgan fingerprint density at radius 2 is 1.78 bits per heavy atom. The molecule has 0 saturated carbocycles. The van der Waals surface area contributed by atoms with Gasteiger partial charge >= 0.3 is 5.97 Å². The molecular weight excluding hydrogens is 306 g/mol. The van der Waals surface area contributed by atoms with Crippen LogP contribution in [0.2, 0.25) is 0 Å². The molecule has 0 aliphatic rings. The summed E-state index contributed by atoms with van der Waals surface area (Å²) in [5.74, 6) is 4.01. The van der Waals surface area contributed by atoms with Gasteiger partial charge in [0.25, 0.3) is 5.69 Å². The van der Waals surface area contributed by atoms with E-state index < -0.39 is 17.2 Å². The summed E-state index contributed by atoms with van der Waals surface area (Å²) in [7, 11) is 0. The van der Waals surface area contributed by atoms with Crippen LogP contribution in [0.4, 0.5) is 5.69 Å². The quantitative estimate of drug-likeness (QED) is 0.353. The molecule has 0 aliphatic carbocycles. The summed E-state index contributed by atoms with van der Waals surface area (Å²) in [5.41, 5.74) is -0.0689. The topological polar surface area (TPSA) is 119 Å². The smallest absolute Gasteiger partial charge is 0.335 e. The van der Waals surface area contributed by atoms with Gasteiger partial charge < -0.3 is 19.7 Å². The highest BCUT2D eigenvalue weighted by Gasteiger charge is 2.06. The van der Waals surface area contributed by atoms with Crippen LogP contribution in [0.25, 0.3) is 0 Å². The van der Waals surface area contributed by atoms with Gasteiger partial charge in [-0.1, -0.05) is 5.92 Å². The van der Waals surface area contributed by atoms with Crippen LogP contribution in [-0.2, 0) is 9.47 Å². The van der Waals surface area contributed by atoms with Gasteiger partial charge in [-0.25, -0.2) is 4.79 Å². The molecule has 0 aliphatic heterocycles. The van der Waals surface area contributed by atoms with E-state index in [-0.39, 0.29) is 17.9 Å². The number of carbonyl (C=O) groups is 1. The average Bonchev–Trinajstić information content (AvgIpc) is 2.53. The van der Waals surface area contributed by atoms with Crippen molar-refractivity contribution in [2.45, 2.75) is 20.1 Å². The van der Waals surface area contributed by atoms with Crippen molar-refractivity contribution >= 4 is 11.7 Å². The van der Waals surface area contributed by atoms with Crippen molar-refractivity contribution in [1.29, 1.82) is 0 Å². The Hall–Kier alpha value is -2.47. The first-order chi connectivity index (χ1) is 11.0. The minimum atomic E-state index is -1.09. The number of ether oxygens (including phenoxy) is 2. The van der Waals surface area contributed by atoms with E-state index in [1.807, 2.05) is 13.8 Å².